The van der Waals surface area contributed by atoms with Crippen molar-refractivity contribution in [2.45, 2.75) is 39.3 Å². The van der Waals surface area contributed by atoms with Crippen LogP contribution >= 0.6 is 0 Å². The molecule has 1 aliphatic heterocycles. The van der Waals surface area contributed by atoms with Crippen molar-refractivity contribution in [2.75, 3.05) is 22.5 Å². The molecule has 88 valence electrons. The molecule has 0 radical (unpaired) electrons. The molecule has 0 amide bonds. The van der Waals surface area contributed by atoms with Crippen LogP contribution in [0.5, 0.6) is 0 Å². The van der Waals surface area contributed by atoms with Crippen molar-refractivity contribution >= 4 is 17.1 Å². The molecular formula is C13H21N3. The fraction of sp³-hybridized carbons (Fsp3) is 0.538. The third-order valence-corrected chi connectivity index (χ3v) is 2.99. The van der Waals surface area contributed by atoms with E-state index in [2.05, 4.69) is 44.0 Å². The second-order valence-corrected chi connectivity index (χ2v) is 5.51. The van der Waals surface area contributed by atoms with Gasteiger partial charge in [0.05, 0.1) is 11.4 Å². The van der Waals surface area contributed by atoms with Crippen LogP contribution in [0.3, 0.4) is 0 Å². The third-order valence-electron chi connectivity index (χ3n) is 2.99. The molecule has 0 unspecified atom stereocenters. The molecule has 0 saturated carbocycles. The summed E-state index contributed by atoms with van der Waals surface area (Å²) in [5.74, 6) is 0. The lowest BCUT2D eigenvalue weighted by Gasteiger charge is -2.44. The van der Waals surface area contributed by atoms with E-state index in [0.717, 1.165) is 17.9 Å². The first-order chi connectivity index (χ1) is 7.39. The molecule has 0 fully saturated rings. The maximum absolute atomic E-state index is 5.83. The molecule has 1 aliphatic rings. The average Bonchev–Trinajstić information content (AvgIpc) is 2.14. The van der Waals surface area contributed by atoms with Gasteiger partial charge in [-0.2, -0.15) is 0 Å². The van der Waals surface area contributed by atoms with Gasteiger partial charge < -0.3 is 16.0 Å². The molecule has 3 heteroatoms. The Bertz CT molecular complexity index is 396. The minimum absolute atomic E-state index is 0.0884. The highest BCUT2D eigenvalue weighted by Crippen LogP contribution is 2.36. The van der Waals surface area contributed by atoms with Crippen LogP contribution in [0.25, 0.3) is 0 Å². The maximum atomic E-state index is 5.83. The summed E-state index contributed by atoms with van der Waals surface area (Å²) in [6, 6.07) is 6.59. The summed E-state index contributed by atoms with van der Waals surface area (Å²) in [4.78, 5) is 2.42. The maximum Gasteiger partial charge on any atom is 0.0606 e. The van der Waals surface area contributed by atoms with Gasteiger partial charge in [0, 0.05) is 23.8 Å². The number of rotatable bonds is 1. The average molecular weight is 219 g/mol. The normalized spacial score (nSPS) is 18.2. The molecule has 2 rings (SSSR count). The van der Waals surface area contributed by atoms with Crippen LogP contribution < -0.4 is 16.0 Å². The smallest absolute Gasteiger partial charge is 0.0606 e. The van der Waals surface area contributed by atoms with Crippen LogP contribution in [-0.4, -0.2) is 18.1 Å². The van der Waals surface area contributed by atoms with Crippen molar-refractivity contribution < 1.29 is 0 Å². The predicted molar refractivity (Wildman–Crippen MR) is 71.0 cm³/mol. The number of nitrogens with two attached hydrogens (primary N) is 1. The number of nitrogens with one attached hydrogen (secondary N) is 1. The van der Waals surface area contributed by atoms with Gasteiger partial charge in [-0.15, -0.1) is 0 Å². The molecular weight excluding hydrogens is 198 g/mol. The van der Waals surface area contributed by atoms with E-state index >= 15 is 0 Å². The number of benzene rings is 1. The summed E-state index contributed by atoms with van der Waals surface area (Å²) in [6.45, 7) is 9.90. The molecule has 3 N–H and O–H groups in total. The zero-order chi connectivity index (χ0) is 11.9. The Hall–Kier alpha value is -1.38. The molecule has 0 saturated heterocycles. The highest BCUT2D eigenvalue weighted by atomic mass is 15.2. The monoisotopic (exact) mass is 219 g/mol. The molecule has 16 heavy (non-hydrogen) atoms. The van der Waals surface area contributed by atoms with Crippen molar-refractivity contribution in [3.05, 3.63) is 18.2 Å². The van der Waals surface area contributed by atoms with Crippen molar-refractivity contribution in [3.63, 3.8) is 0 Å². The molecule has 0 aromatic heterocycles. The SMILES string of the molecule is CC(C)N1CC(C)(C)Nc2cc(N)ccc21. The fourth-order valence-electron chi connectivity index (χ4n) is 2.28. The highest BCUT2D eigenvalue weighted by Gasteiger charge is 2.30. The lowest BCUT2D eigenvalue weighted by Crippen LogP contribution is -2.50. The summed E-state index contributed by atoms with van der Waals surface area (Å²) in [7, 11) is 0. The Morgan fingerprint density at radius 3 is 2.69 bits per heavy atom. The molecule has 1 heterocycles. The van der Waals surface area contributed by atoms with E-state index in [1.54, 1.807) is 0 Å². The van der Waals surface area contributed by atoms with Gasteiger partial charge in [-0.1, -0.05) is 0 Å². The molecule has 1 aromatic carbocycles. The topological polar surface area (TPSA) is 41.3 Å². The second kappa shape index (κ2) is 3.58. The van der Waals surface area contributed by atoms with Gasteiger partial charge in [-0.05, 0) is 45.9 Å². The van der Waals surface area contributed by atoms with E-state index in [1.165, 1.54) is 5.69 Å². The number of hydrogen-bond acceptors (Lipinski definition) is 3. The quantitative estimate of drug-likeness (QED) is 0.713. The minimum Gasteiger partial charge on any atom is -0.399 e. The Morgan fingerprint density at radius 1 is 1.38 bits per heavy atom. The number of nitrogen functional groups attached to an aromatic ring is 1. The van der Waals surface area contributed by atoms with E-state index in [9.17, 15) is 0 Å². The zero-order valence-electron chi connectivity index (χ0n) is 10.5. The first-order valence-electron chi connectivity index (χ1n) is 5.83. The number of anilines is 3. The van der Waals surface area contributed by atoms with Crippen LogP contribution in [0.1, 0.15) is 27.7 Å². The van der Waals surface area contributed by atoms with E-state index in [4.69, 9.17) is 5.73 Å². The van der Waals surface area contributed by atoms with E-state index < -0.39 is 0 Å². The van der Waals surface area contributed by atoms with Crippen LogP contribution in [-0.2, 0) is 0 Å². The van der Waals surface area contributed by atoms with Crippen LogP contribution in [0.4, 0.5) is 17.1 Å². The molecule has 0 spiro atoms. The Kier molecular flexibility index (Phi) is 2.49. The largest absolute Gasteiger partial charge is 0.399 e. The van der Waals surface area contributed by atoms with Gasteiger partial charge in [0.1, 0.15) is 0 Å². The summed E-state index contributed by atoms with van der Waals surface area (Å²) in [5.41, 5.74) is 9.13. The van der Waals surface area contributed by atoms with Crippen molar-refractivity contribution in [1.82, 2.24) is 0 Å². The first-order valence-corrected chi connectivity index (χ1v) is 5.83. The van der Waals surface area contributed by atoms with Crippen molar-refractivity contribution in [1.29, 1.82) is 0 Å². The van der Waals surface area contributed by atoms with Crippen LogP contribution in [0.2, 0.25) is 0 Å². The summed E-state index contributed by atoms with van der Waals surface area (Å²) < 4.78 is 0. The fourth-order valence-corrected chi connectivity index (χ4v) is 2.28. The standard InChI is InChI=1S/C13H21N3/c1-9(2)16-8-13(3,4)15-11-7-10(14)5-6-12(11)16/h5-7,9,15H,8,14H2,1-4H3. The molecule has 0 bridgehead atoms. The number of nitrogens with zero attached hydrogens (tertiary/aromatic N) is 1. The van der Waals surface area contributed by atoms with Gasteiger partial charge >= 0.3 is 0 Å². The van der Waals surface area contributed by atoms with Crippen molar-refractivity contribution in [2.24, 2.45) is 0 Å². The van der Waals surface area contributed by atoms with E-state index in [1.807, 2.05) is 12.1 Å². The zero-order valence-corrected chi connectivity index (χ0v) is 10.5. The van der Waals surface area contributed by atoms with Gasteiger partial charge in [0.15, 0.2) is 0 Å². The van der Waals surface area contributed by atoms with Crippen LogP contribution in [0.15, 0.2) is 18.2 Å². The highest BCUT2D eigenvalue weighted by molar-refractivity contribution is 5.77. The molecule has 0 aliphatic carbocycles. The summed E-state index contributed by atoms with van der Waals surface area (Å²) >= 11 is 0. The number of hydrogen-bond donors (Lipinski definition) is 2. The predicted octanol–water partition coefficient (Wildman–Crippen LogP) is 2.69. The summed E-state index contributed by atoms with van der Waals surface area (Å²) in [6.07, 6.45) is 0. The Morgan fingerprint density at radius 2 is 2.06 bits per heavy atom. The van der Waals surface area contributed by atoms with E-state index in [0.29, 0.717) is 6.04 Å². The van der Waals surface area contributed by atoms with E-state index in [-0.39, 0.29) is 5.54 Å². The third kappa shape index (κ3) is 1.94. The lowest BCUT2D eigenvalue weighted by atomic mass is 9.98. The Balaban J connectivity index is 2.47. The van der Waals surface area contributed by atoms with Gasteiger partial charge in [0.2, 0.25) is 0 Å². The first kappa shape index (κ1) is 11.1. The summed E-state index contributed by atoms with van der Waals surface area (Å²) in [5, 5.41) is 3.54. The van der Waals surface area contributed by atoms with Gasteiger partial charge in [-0.3, -0.25) is 0 Å². The van der Waals surface area contributed by atoms with Gasteiger partial charge in [-0.25, -0.2) is 0 Å². The minimum atomic E-state index is 0.0884. The Labute approximate surface area is 97.6 Å². The van der Waals surface area contributed by atoms with Crippen LogP contribution in [0, 0.1) is 0 Å². The lowest BCUT2D eigenvalue weighted by molar-refractivity contribution is 0.507. The van der Waals surface area contributed by atoms with Gasteiger partial charge in [0.25, 0.3) is 0 Å². The molecule has 3 nitrogen and oxygen atoms in total. The second-order valence-electron chi connectivity index (χ2n) is 5.51. The van der Waals surface area contributed by atoms with Crippen molar-refractivity contribution in [3.8, 4) is 0 Å². The molecule has 0 atom stereocenters. The molecule has 1 aromatic rings. The number of fused-ring (bicyclic) bond motifs is 1.